The van der Waals surface area contributed by atoms with E-state index in [9.17, 15) is 24.8 Å². The molecule has 0 unspecified atom stereocenters. The van der Waals surface area contributed by atoms with Gasteiger partial charge in [-0.05, 0) is 55.3 Å². The van der Waals surface area contributed by atoms with Crippen LogP contribution in [-0.4, -0.2) is 64.3 Å². The van der Waals surface area contributed by atoms with Crippen molar-refractivity contribution in [3.63, 3.8) is 0 Å². The van der Waals surface area contributed by atoms with E-state index in [4.69, 9.17) is 4.74 Å². The third-order valence-electron chi connectivity index (χ3n) is 6.51. The highest BCUT2D eigenvalue weighted by atomic mass is 16.6. The number of amides is 1. The molecule has 0 radical (unpaired) electrons. The van der Waals surface area contributed by atoms with Crippen molar-refractivity contribution >= 4 is 23.1 Å². The summed E-state index contributed by atoms with van der Waals surface area (Å²) in [5.41, 5.74) is 1.29. The van der Waals surface area contributed by atoms with Crippen LogP contribution in [0, 0.1) is 23.0 Å². The van der Waals surface area contributed by atoms with Crippen LogP contribution < -0.4 is 4.74 Å². The van der Waals surface area contributed by atoms with E-state index >= 15 is 0 Å². The van der Waals surface area contributed by atoms with Crippen molar-refractivity contribution in [1.29, 1.82) is 0 Å². The van der Waals surface area contributed by atoms with E-state index in [1.807, 2.05) is 34.6 Å². The lowest BCUT2D eigenvalue weighted by molar-refractivity contribution is -0.384. The van der Waals surface area contributed by atoms with Crippen LogP contribution >= 0.6 is 0 Å². The fourth-order valence-corrected chi connectivity index (χ4v) is 4.43. The van der Waals surface area contributed by atoms with Crippen LogP contribution in [0.4, 0.5) is 5.69 Å². The SMILES string of the molecule is CCN(CC)CCN1C(=O)C(=O)/C(=C(/O)c2ccc(OCC(C)C)c(C)c2)[C@@H]1c1cccc([N+](=O)[O-])c1. The van der Waals surface area contributed by atoms with Gasteiger partial charge in [-0.1, -0.05) is 39.8 Å². The molecule has 1 aliphatic rings. The summed E-state index contributed by atoms with van der Waals surface area (Å²) in [6, 6.07) is 9.98. The first-order valence-electron chi connectivity index (χ1n) is 12.6. The number of carbonyl (C=O) groups excluding carboxylic acids is 2. The second-order valence-corrected chi connectivity index (χ2v) is 9.56. The first-order valence-corrected chi connectivity index (χ1v) is 12.6. The van der Waals surface area contributed by atoms with Crippen molar-refractivity contribution in [1.82, 2.24) is 9.80 Å². The van der Waals surface area contributed by atoms with Crippen molar-refractivity contribution < 1.29 is 24.4 Å². The molecule has 1 N–H and O–H groups in total. The van der Waals surface area contributed by atoms with E-state index in [0.717, 1.165) is 18.7 Å². The highest BCUT2D eigenvalue weighted by Crippen LogP contribution is 2.40. The van der Waals surface area contributed by atoms with Gasteiger partial charge in [0, 0.05) is 30.8 Å². The zero-order valence-corrected chi connectivity index (χ0v) is 22.1. The van der Waals surface area contributed by atoms with Crippen LogP contribution in [0.3, 0.4) is 0 Å². The molecular weight excluding hydrogens is 474 g/mol. The minimum Gasteiger partial charge on any atom is -0.507 e. The third kappa shape index (κ3) is 6.17. The minimum absolute atomic E-state index is 0.0831. The van der Waals surface area contributed by atoms with Gasteiger partial charge in [-0.15, -0.1) is 0 Å². The molecule has 9 nitrogen and oxygen atoms in total. The Balaban J connectivity index is 2.10. The van der Waals surface area contributed by atoms with Crippen LogP contribution in [0.2, 0.25) is 0 Å². The fraction of sp³-hybridized carbons (Fsp3) is 0.429. The van der Waals surface area contributed by atoms with Crippen molar-refractivity contribution in [2.45, 2.75) is 40.7 Å². The van der Waals surface area contributed by atoms with Gasteiger partial charge in [-0.25, -0.2) is 0 Å². The lowest BCUT2D eigenvalue weighted by Gasteiger charge is -2.28. The van der Waals surface area contributed by atoms with E-state index in [2.05, 4.69) is 4.90 Å². The molecule has 2 aromatic rings. The molecule has 198 valence electrons. The lowest BCUT2D eigenvalue weighted by atomic mass is 9.94. The summed E-state index contributed by atoms with van der Waals surface area (Å²) in [6.07, 6.45) is 0. The Labute approximate surface area is 217 Å². The Kier molecular flexibility index (Phi) is 9.04. The monoisotopic (exact) mass is 509 g/mol. The lowest BCUT2D eigenvalue weighted by Crippen LogP contribution is -2.38. The summed E-state index contributed by atoms with van der Waals surface area (Å²) < 4.78 is 5.82. The summed E-state index contributed by atoms with van der Waals surface area (Å²) in [6.45, 7) is 12.8. The summed E-state index contributed by atoms with van der Waals surface area (Å²) >= 11 is 0. The van der Waals surface area contributed by atoms with Gasteiger partial charge in [-0.3, -0.25) is 19.7 Å². The number of likely N-dealkylation sites (N-methyl/N-ethyl adjacent to an activating group) is 1. The predicted octanol–water partition coefficient (Wildman–Crippen LogP) is 4.70. The number of hydrogen-bond donors (Lipinski definition) is 1. The van der Waals surface area contributed by atoms with Crippen LogP contribution in [-0.2, 0) is 9.59 Å². The quantitative estimate of drug-likeness (QED) is 0.154. The Bertz CT molecular complexity index is 1200. The maximum absolute atomic E-state index is 13.3. The number of Topliss-reactive ketones (excluding diaryl/α,β-unsaturated/α-hetero) is 1. The third-order valence-corrected chi connectivity index (χ3v) is 6.51. The molecule has 37 heavy (non-hydrogen) atoms. The number of non-ortho nitro benzene ring substituents is 1. The summed E-state index contributed by atoms with van der Waals surface area (Å²) in [5.74, 6) is -0.862. The highest BCUT2D eigenvalue weighted by molar-refractivity contribution is 6.46. The van der Waals surface area contributed by atoms with Crippen LogP contribution in [0.15, 0.2) is 48.0 Å². The van der Waals surface area contributed by atoms with Crippen molar-refractivity contribution in [2.75, 3.05) is 32.8 Å². The van der Waals surface area contributed by atoms with Gasteiger partial charge in [0.2, 0.25) is 0 Å². The zero-order valence-electron chi connectivity index (χ0n) is 22.1. The molecule has 0 spiro atoms. The Morgan fingerprint density at radius 1 is 1.16 bits per heavy atom. The summed E-state index contributed by atoms with van der Waals surface area (Å²) in [5, 5.41) is 22.8. The van der Waals surface area contributed by atoms with Gasteiger partial charge >= 0.3 is 0 Å². The average molecular weight is 510 g/mol. The molecule has 1 saturated heterocycles. The molecule has 1 atom stereocenters. The van der Waals surface area contributed by atoms with Gasteiger partial charge in [0.1, 0.15) is 11.5 Å². The maximum Gasteiger partial charge on any atom is 0.295 e. The van der Waals surface area contributed by atoms with Gasteiger partial charge in [0.15, 0.2) is 0 Å². The molecule has 1 heterocycles. The molecule has 9 heteroatoms. The van der Waals surface area contributed by atoms with Crippen LogP contribution in [0.5, 0.6) is 5.75 Å². The Morgan fingerprint density at radius 3 is 2.46 bits per heavy atom. The zero-order chi connectivity index (χ0) is 27.3. The maximum atomic E-state index is 13.3. The summed E-state index contributed by atoms with van der Waals surface area (Å²) in [4.78, 5) is 40.9. The molecule has 1 fully saturated rings. The van der Waals surface area contributed by atoms with Crippen molar-refractivity contribution in [3.05, 3.63) is 74.8 Å². The Morgan fingerprint density at radius 2 is 1.86 bits per heavy atom. The first-order chi connectivity index (χ1) is 17.6. The fourth-order valence-electron chi connectivity index (χ4n) is 4.43. The highest BCUT2D eigenvalue weighted by Gasteiger charge is 2.46. The van der Waals surface area contributed by atoms with E-state index in [1.54, 1.807) is 24.3 Å². The molecule has 0 aliphatic carbocycles. The number of benzene rings is 2. The van der Waals surface area contributed by atoms with Crippen molar-refractivity contribution in [3.8, 4) is 5.75 Å². The molecule has 0 aromatic heterocycles. The van der Waals surface area contributed by atoms with E-state index in [1.165, 1.54) is 23.1 Å². The van der Waals surface area contributed by atoms with E-state index in [0.29, 0.717) is 35.9 Å². The van der Waals surface area contributed by atoms with Gasteiger partial charge < -0.3 is 19.6 Å². The number of ether oxygens (including phenoxy) is 1. The summed E-state index contributed by atoms with van der Waals surface area (Å²) in [7, 11) is 0. The molecule has 3 rings (SSSR count). The first kappa shape index (κ1) is 27.9. The number of aliphatic hydroxyl groups is 1. The number of aliphatic hydroxyl groups excluding tert-OH is 1. The van der Waals surface area contributed by atoms with Gasteiger partial charge in [0.05, 0.1) is 23.1 Å². The largest absolute Gasteiger partial charge is 0.507 e. The smallest absolute Gasteiger partial charge is 0.295 e. The average Bonchev–Trinajstić information content (AvgIpc) is 3.13. The van der Waals surface area contributed by atoms with Crippen molar-refractivity contribution in [2.24, 2.45) is 5.92 Å². The number of hydrogen-bond acceptors (Lipinski definition) is 7. The number of nitrogens with zero attached hydrogens (tertiary/aromatic N) is 3. The predicted molar refractivity (Wildman–Crippen MR) is 141 cm³/mol. The Hall–Kier alpha value is -3.72. The number of nitro groups is 1. The number of likely N-dealkylation sites (tertiary alicyclic amines) is 1. The molecular formula is C28H35N3O6. The van der Waals surface area contributed by atoms with Gasteiger partial charge in [-0.2, -0.15) is 0 Å². The molecule has 1 aliphatic heterocycles. The number of nitro benzene ring substituents is 1. The van der Waals surface area contributed by atoms with Gasteiger partial charge in [0.25, 0.3) is 17.4 Å². The molecule has 1 amide bonds. The molecule has 2 aromatic carbocycles. The van der Waals surface area contributed by atoms with E-state index in [-0.39, 0.29) is 23.6 Å². The number of ketones is 1. The number of carbonyl (C=O) groups is 2. The molecule has 0 bridgehead atoms. The van der Waals surface area contributed by atoms with Crippen LogP contribution in [0.1, 0.15) is 50.4 Å². The number of rotatable bonds is 11. The second kappa shape index (κ2) is 12.0. The number of aryl methyl sites for hydroxylation is 1. The second-order valence-electron chi connectivity index (χ2n) is 9.56. The topological polar surface area (TPSA) is 113 Å². The van der Waals surface area contributed by atoms with E-state index < -0.39 is 22.7 Å². The molecule has 0 saturated carbocycles. The van der Waals surface area contributed by atoms with Crippen LogP contribution in [0.25, 0.3) is 5.76 Å². The standard InChI is InChI=1S/C28H35N3O6/c1-6-29(7-2)13-14-30-25(20-9-8-10-22(16-20)31(35)36)24(27(33)28(30)34)26(32)21-11-12-23(19(5)15-21)37-17-18(3)4/h8-12,15-16,18,25,32H,6-7,13-14,17H2,1-5H3/b26-24+/t25-/m0/s1. The minimum atomic E-state index is -0.951. The normalized spacial score (nSPS) is 17.2.